The molecular weight excluding hydrogens is 1940 g/mol. The number of Topliss-reactive ketones (excluding diaryl/α,β-unsaturated/α-hetero) is 2. The first-order valence-electron chi connectivity index (χ1n) is 42.7. The van der Waals surface area contributed by atoms with Gasteiger partial charge in [-0.25, -0.2) is 54.7 Å². The predicted octanol–water partition coefficient (Wildman–Crippen LogP) is 14.1. The van der Waals surface area contributed by atoms with Crippen molar-refractivity contribution < 1.29 is 59.9 Å². The molecule has 3 fully saturated rings. The van der Waals surface area contributed by atoms with Crippen LogP contribution in [-0.4, -0.2) is 234 Å². The third kappa shape index (κ3) is 37.7. The maximum absolute atomic E-state index is 12.3. The van der Waals surface area contributed by atoms with E-state index in [-0.39, 0.29) is 89.9 Å². The Balaban J connectivity index is 0.000000328. The van der Waals surface area contributed by atoms with Crippen molar-refractivity contribution in [3.63, 3.8) is 0 Å². The topological polar surface area (TPSA) is 421 Å². The summed E-state index contributed by atoms with van der Waals surface area (Å²) in [6, 6.07) is 25.5. The first kappa shape index (κ1) is 110. The van der Waals surface area contributed by atoms with Gasteiger partial charge in [-0.05, 0) is 205 Å². The van der Waals surface area contributed by atoms with Crippen molar-refractivity contribution in [2.45, 2.75) is 171 Å². The molecule has 15 rings (SSSR count). The zero-order valence-corrected chi connectivity index (χ0v) is 81.5. The SMILES string of the molecule is CC.CC(C)(C)OC(=O)NC1CCN(CCn2c(=O)cnc3ncccc32)CC1.CCN(CC)CC.Cc1ccc(C=O)cc1[N+](=O)[O-].Cc1ccc(CNC2CCN(CCn3c(=O)cnc4ncccc43)CC2)cc1[N+](=O)[O-].ClCCl.NC1CCN(CCn2c(=O)cnc3ncccc32)CC1.O=C1C=Nc2ncc(Br)cc2C1.O=C1C=Nc2ncc(Br)cc2C1.[2H]CF.[CH3-].[Pd]. The Bertz CT molecular complexity index is 5460. The van der Waals surface area contributed by atoms with Crippen LogP contribution in [0.2, 0.25) is 0 Å². The molecule has 40 heteroatoms. The van der Waals surface area contributed by atoms with Crippen LogP contribution in [0.1, 0.15) is 133 Å². The van der Waals surface area contributed by atoms with E-state index in [9.17, 15) is 58.2 Å². The molecule has 130 heavy (non-hydrogen) atoms. The van der Waals surface area contributed by atoms with Crippen LogP contribution in [0.25, 0.3) is 33.5 Å². The summed E-state index contributed by atoms with van der Waals surface area (Å²) in [5, 5.41) is 28.2. The zero-order chi connectivity index (χ0) is 94.5. The number of hydrogen-bond acceptors (Lipinski definition) is 28. The Hall–Kier alpha value is -10.1. The van der Waals surface area contributed by atoms with E-state index in [1.54, 1.807) is 82.8 Å². The molecule has 0 unspecified atom stereocenters. The molecule has 2 aromatic carbocycles. The number of ether oxygens (including phenoxy) is 1. The van der Waals surface area contributed by atoms with Gasteiger partial charge in [0, 0.05) is 190 Å². The van der Waals surface area contributed by atoms with Crippen molar-refractivity contribution >= 4 is 148 Å². The fourth-order valence-electron chi connectivity index (χ4n) is 13.7. The number of pyridine rings is 5. The number of carbonyl (C=O) groups excluding carboxylic acids is 4. The Morgan fingerprint density at radius 2 is 0.962 bits per heavy atom. The first-order valence-corrected chi connectivity index (χ1v) is 44.7. The van der Waals surface area contributed by atoms with Crippen LogP contribution in [0.15, 0.2) is 168 Å². The molecule has 8 aromatic heterocycles. The number of nitro groups is 2. The molecule has 1 amide bonds. The summed E-state index contributed by atoms with van der Waals surface area (Å²) >= 11 is 16.1. The van der Waals surface area contributed by atoms with Crippen LogP contribution in [0.3, 0.4) is 0 Å². The summed E-state index contributed by atoms with van der Waals surface area (Å²) in [4.78, 5) is 151. The van der Waals surface area contributed by atoms with Gasteiger partial charge in [0.15, 0.2) is 40.1 Å². The molecule has 5 aliphatic heterocycles. The van der Waals surface area contributed by atoms with Gasteiger partial charge >= 0.3 is 6.09 Å². The quantitative estimate of drug-likeness (QED) is 0.0169. The molecule has 0 radical (unpaired) electrons. The fourth-order valence-corrected chi connectivity index (χ4v) is 14.5. The van der Waals surface area contributed by atoms with Crippen molar-refractivity contribution in [3.05, 3.63) is 236 Å². The number of alkyl halides is 3. The second-order valence-electron chi connectivity index (χ2n) is 30.3. The summed E-state index contributed by atoms with van der Waals surface area (Å²) in [5.74, 6) is 1.36. The van der Waals surface area contributed by atoms with Crippen LogP contribution < -0.4 is 33.0 Å². The normalized spacial score (nSPS) is 14.2. The van der Waals surface area contributed by atoms with E-state index in [1.165, 1.54) is 56.7 Å². The third-order valence-electron chi connectivity index (χ3n) is 20.5. The molecule has 0 atom stereocenters. The van der Waals surface area contributed by atoms with E-state index in [0.717, 1.165) is 140 Å². The number of halogens is 5. The van der Waals surface area contributed by atoms with Gasteiger partial charge in [-0.1, -0.05) is 58.9 Å². The van der Waals surface area contributed by atoms with E-state index >= 15 is 0 Å². The standard InChI is InChI=1S/C22H26N6O3.C19H27N5O3.C14H19N5O.2C8H5BrN2O.C8H7NO3.C6H15N.C2H6.CH2Cl2.CH3F.CH3.Pd/c1-16-4-5-17(13-20(16)28(30)31)14-24-18-6-9-26(10-7-18)11-12-27-19-3-2-8-23-22(19)25-15-21(27)29;1-19(2,3)27-18(26)22-14-6-9-23(10-7-14)11-12-24-15-5-4-8-20-17(15)21-13-16(24)25;15-11-3-6-18(7-4-11)8-9-19-12-2-1-5-16-14(12)17-10-13(19)20;2*9-6-1-5-2-7(12)4-11-8(5)10-3-6;1-6-2-3-7(5-10)4-8(6)9(11)12;1-4-7(5-2)6-3;1-2;2-1-3;1-2;;/h2-5,8,13,15,18,24H,6-7,9-12,14H2,1H3;4-5,8,13-14H,6-7,9-12H2,1-3H3,(H,22,26);1-2,5,10-11H,3-4,6-9,15H2;2*1,3-4H,2H2;2-5H,1H3;4-6H2,1-3H3;1-2H3;1H2;1H3;1H3;/q;;;;;;;;;;-1;/i;;;;;;;;;1D;;. The van der Waals surface area contributed by atoms with E-state index < -0.39 is 17.7 Å². The minimum Gasteiger partial charge on any atom is -0.444 e. The van der Waals surface area contributed by atoms with Crippen molar-refractivity contribution in [2.75, 3.05) is 91.0 Å². The summed E-state index contributed by atoms with van der Waals surface area (Å²) in [7, 11) is -1.00. The summed E-state index contributed by atoms with van der Waals surface area (Å²) in [6.45, 7) is 33.7. The number of nitrogens with one attached hydrogen (secondary N) is 2. The molecule has 3 saturated heterocycles. The number of aliphatic imine (C=N–C) groups is 2. The number of rotatable bonds is 19. The van der Waals surface area contributed by atoms with Crippen LogP contribution in [-0.2, 0) is 73.8 Å². The van der Waals surface area contributed by atoms with Gasteiger partial charge in [0.2, 0.25) is 0 Å². The van der Waals surface area contributed by atoms with Crippen molar-refractivity contribution in [2.24, 2.45) is 15.7 Å². The van der Waals surface area contributed by atoms with E-state index in [4.69, 9.17) is 35.0 Å². The van der Waals surface area contributed by atoms with Crippen LogP contribution in [0.5, 0.6) is 0 Å². The second kappa shape index (κ2) is 59.4. The number of ketones is 2. The minimum atomic E-state index is -1.00. The minimum absolute atomic E-state index is 0. The Morgan fingerprint density at radius 3 is 1.32 bits per heavy atom. The number of benzene rings is 2. The predicted molar refractivity (Wildman–Crippen MR) is 514 cm³/mol. The van der Waals surface area contributed by atoms with Gasteiger partial charge in [0.05, 0.1) is 71.3 Å². The molecule has 34 nitrogen and oxygen atoms in total. The largest absolute Gasteiger partial charge is 0.444 e. The van der Waals surface area contributed by atoms with Gasteiger partial charge in [0.1, 0.15) is 11.9 Å². The van der Waals surface area contributed by atoms with Gasteiger partial charge in [-0.2, -0.15) is 0 Å². The van der Waals surface area contributed by atoms with E-state index in [0.29, 0.717) is 103 Å². The van der Waals surface area contributed by atoms with E-state index in [2.05, 4.69) is 133 Å². The number of amides is 1. The molecule has 5 aliphatic rings. The second-order valence-corrected chi connectivity index (χ2v) is 33.0. The molecule has 10 aromatic rings. The average molecular weight is 2060 g/mol. The number of alkyl carbamates (subject to hydrolysis) is 1. The smallest absolute Gasteiger partial charge is 0.407 e. The Labute approximate surface area is 799 Å². The fraction of sp³-hybridized carbons (Fsp3) is 0.444. The van der Waals surface area contributed by atoms with Gasteiger partial charge < -0.3 is 61.8 Å². The van der Waals surface area contributed by atoms with Crippen molar-refractivity contribution in [1.29, 1.82) is 0 Å². The van der Waals surface area contributed by atoms with Crippen molar-refractivity contribution in [3.8, 4) is 0 Å². The molecule has 13 heterocycles. The first-order chi connectivity index (χ1) is 61.9. The van der Waals surface area contributed by atoms with Crippen LogP contribution in [0, 0.1) is 41.5 Å². The third-order valence-corrected chi connectivity index (χ3v) is 21.4. The number of aldehydes is 1. The molecule has 0 aliphatic carbocycles. The van der Waals surface area contributed by atoms with Crippen LogP contribution in [0.4, 0.5) is 32.2 Å². The summed E-state index contributed by atoms with van der Waals surface area (Å²) < 4.78 is 27.8. The zero-order valence-electron chi connectivity index (χ0n) is 76.2. The number of nitro benzene ring substituents is 2. The molecule has 0 spiro atoms. The van der Waals surface area contributed by atoms with Crippen molar-refractivity contribution in [1.82, 2.24) is 83.8 Å². The number of likely N-dealkylation sites (tertiary alicyclic amines) is 3. The van der Waals surface area contributed by atoms with Gasteiger partial charge in [0.25, 0.3) is 28.1 Å². The Morgan fingerprint density at radius 1 is 0.592 bits per heavy atom. The molecule has 0 bridgehead atoms. The van der Waals surface area contributed by atoms with E-state index in [1.807, 2.05) is 89.2 Å². The molecule has 706 valence electrons. The monoisotopic (exact) mass is 2050 g/mol. The molecular formula is C90H118Br2Cl2FN22O12Pd-. The molecule has 0 saturated carbocycles. The molecule has 4 N–H and O–H groups in total. The average Bonchev–Trinajstić information content (AvgIpc) is 0.814. The number of piperidine rings is 3. The maximum atomic E-state index is 12.3. The van der Waals surface area contributed by atoms with Gasteiger partial charge in [-0.3, -0.25) is 53.4 Å². The summed E-state index contributed by atoms with van der Waals surface area (Å²) in [6.07, 6.45) is 21.9. The van der Waals surface area contributed by atoms with Gasteiger partial charge in [-0.15, -0.1) is 23.2 Å². The number of carbonyl (C=O) groups is 4. The number of aryl methyl sites for hydroxylation is 2. The number of hydrogen-bond donors (Lipinski definition) is 3. The number of nitrogens with zero attached hydrogens (tertiary/aromatic N) is 19. The van der Waals surface area contributed by atoms with Crippen LogP contribution >= 0.6 is 55.1 Å². The number of aromatic nitrogens is 11. The maximum Gasteiger partial charge on any atom is 0.407 e. The number of nitrogens with two attached hydrogens (primary N) is 1. The number of fused-ring (bicyclic) bond motifs is 5. The summed E-state index contributed by atoms with van der Waals surface area (Å²) in [5.41, 5.74) is 13.7. The Kier molecular flexibility index (Phi) is 50.4.